The maximum Gasteiger partial charge on any atom is 0.247 e. The van der Waals surface area contributed by atoms with Crippen LogP contribution in [0.5, 0.6) is 0 Å². The molecule has 3 aromatic heterocycles. The number of fused-ring (bicyclic) bond motifs is 4. The number of hydrogen-bond acceptors (Lipinski definition) is 5. The third-order valence-electron chi connectivity index (χ3n) is 7.84. The number of aryl methyl sites for hydroxylation is 1. The Morgan fingerprint density at radius 1 is 1.05 bits per heavy atom. The van der Waals surface area contributed by atoms with Crippen molar-refractivity contribution in [3.63, 3.8) is 0 Å². The quantitative estimate of drug-likeness (QED) is 0.363. The average molecular weight is 556 g/mol. The van der Waals surface area contributed by atoms with Crippen LogP contribution in [-0.2, 0) is 16.6 Å². The van der Waals surface area contributed by atoms with Crippen molar-refractivity contribution >= 4 is 34.7 Å². The molecule has 0 aliphatic carbocycles. The predicted octanol–water partition coefficient (Wildman–Crippen LogP) is 5.44. The normalized spacial score (nSPS) is 19.8. The summed E-state index contributed by atoms with van der Waals surface area (Å²) >= 11 is 6.36. The molecule has 0 spiro atoms. The molecular formula is C30H30ClN7O2. The molecule has 0 fully saturated rings. The predicted molar refractivity (Wildman–Crippen MR) is 154 cm³/mol. The molecule has 0 radical (unpaired) electrons. The van der Waals surface area contributed by atoms with Crippen LogP contribution in [0.15, 0.2) is 67.3 Å². The number of benzene rings is 1. The molecule has 1 unspecified atom stereocenters. The van der Waals surface area contributed by atoms with Gasteiger partial charge in [0.1, 0.15) is 0 Å². The summed E-state index contributed by atoms with van der Waals surface area (Å²) in [5.41, 5.74) is 6.07. The van der Waals surface area contributed by atoms with Crippen LogP contribution in [0.2, 0.25) is 5.02 Å². The highest BCUT2D eigenvalue weighted by Gasteiger charge is 2.30. The Balaban J connectivity index is 1.36. The Hall–Kier alpha value is -4.24. The van der Waals surface area contributed by atoms with Gasteiger partial charge < -0.3 is 14.8 Å². The molecule has 9 nitrogen and oxygen atoms in total. The highest BCUT2D eigenvalue weighted by Crippen LogP contribution is 2.37. The van der Waals surface area contributed by atoms with E-state index in [0.717, 1.165) is 52.3 Å². The number of halogens is 1. The molecule has 40 heavy (non-hydrogen) atoms. The van der Waals surface area contributed by atoms with Crippen LogP contribution >= 0.6 is 11.6 Å². The number of carbonyl (C=O) groups is 2. The van der Waals surface area contributed by atoms with Crippen LogP contribution in [0.4, 0.5) is 5.69 Å². The maximum atomic E-state index is 13.7. The van der Waals surface area contributed by atoms with Crippen molar-refractivity contribution in [2.24, 2.45) is 13.0 Å². The third-order valence-corrected chi connectivity index (χ3v) is 8.08. The van der Waals surface area contributed by atoms with E-state index >= 15 is 0 Å². The molecule has 5 heterocycles. The zero-order valence-electron chi connectivity index (χ0n) is 22.4. The number of hydrogen-bond donors (Lipinski definition) is 1. The number of aromatic nitrogens is 5. The van der Waals surface area contributed by atoms with Crippen molar-refractivity contribution in [1.29, 1.82) is 0 Å². The summed E-state index contributed by atoms with van der Waals surface area (Å²) in [6.45, 7) is 2.49. The summed E-state index contributed by atoms with van der Waals surface area (Å²) in [6.07, 6.45) is 11.7. The van der Waals surface area contributed by atoms with E-state index in [1.165, 1.54) is 0 Å². The van der Waals surface area contributed by atoms with Gasteiger partial charge in [0.05, 0.1) is 41.2 Å². The summed E-state index contributed by atoms with van der Waals surface area (Å²) in [5, 5.41) is 11.8. The Bertz CT molecular complexity index is 1610. The van der Waals surface area contributed by atoms with Gasteiger partial charge in [-0.05, 0) is 61.2 Å². The van der Waals surface area contributed by atoms with Crippen molar-refractivity contribution in [3.8, 4) is 16.9 Å². The molecule has 6 rings (SSSR count). The summed E-state index contributed by atoms with van der Waals surface area (Å²) in [5.74, 6) is -0.216. The van der Waals surface area contributed by atoms with E-state index in [4.69, 9.17) is 16.6 Å². The Kier molecular flexibility index (Phi) is 6.98. The highest BCUT2D eigenvalue weighted by atomic mass is 35.5. The van der Waals surface area contributed by atoms with E-state index in [0.29, 0.717) is 24.4 Å². The molecule has 2 atom stereocenters. The first-order chi connectivity index (χ1) is 19.4. The van der Waals surface area contributed by atoms with Gasteiger partial charge in [0.15, 0.2) is 0 Å². The zero-order valence-corrected chi connectivity index (χ0v) is 23.2. The molecule has 2 amide bonds. The lowest BCUT2D eigenvalue weighted by molar-refractivity contribution is -0.129. The lowest BCUT2D eigenvalue weighted by atomic mass is 9.93. The molecular weight excluding hydrogens is 526 g/mol. The number of nitrogens with one attached hydrogen (secondary N) is 1. The van der Waals surface area contributed by atoms with Gasteiger partial charge in [-0.15, -0.1) is 5.10 Å². The summed E-state index contributed by atoms with van der Waals surface area (Å²) in [7, 11) is 1.96. The first-order valence-electron chi connectivity index (χ1n) is 13.5. The van der Waals surface area contributed by atoms with Crippen molar-refractivity contribution in [1.82, 2.24) is 29.4 Å². The van der Waals surface area contributed by atoms with Crippen LogP contribution in [-0.4, -0.2) is 47.8 Å². The minimum absolute atomic E-state index is 0.00480. The lowest BCUT2D eigenvalue weighted by Gasteiger charge is -2.34. The van der Waals surface area contributed by atoms with Crippen molar-refractivity contribution < 1.29 is 9.59 Å². The van der Waals surface area contributed by atoms with Gasteiger partial charge in [-0.25, -0.2) is 4.68 Å². The van der Waals surface area contributed by atoms with Crippen LogP contribution in [0.1, 0.15) is 49.9 Å². The number of pyridine rings is 1. The van der Waals surface area contributed by atoms with E-state index in [1.807, 2.05) is 66.0 Å². The van der Waals surface area contributed by atoms with Gasteiger partial charge in [0, 0.05) is 54.1 Å². The molecule has 1 aromatic carbocycles. The third kappa shape index (κ3) is 4.93. The smallest absolute Gasteiger partial charge is 0.247 e. The fraction of sp³-hybridized carbons (Fsp3) is 0.300. The molecule has 2 aliphatic rings. The number of carbonyl (C=O) groups excluding carboxylic acids is 2. The number of nitrogens with zero attached hydrogens (tertiary/aromatic N) is 6. The molecule has 2 aliphatic heterocycles. The second-order valence-corrected chi connectivity index (χ2v) is 10.9. The average Bonchev–Trinajstić information content (AvgIpc) is 3.61. The standard InChI is InChI=1S/C30H30ClN7O2/c1-19-4-3-5-27(25-16-21(8-11-32-25)29-24(34-30(19)40)10-13-36(29)2)37-14-9-20(17-28(37)39)23-18-22(31)6-7-26(23)38-15-12-33-35-38/h6-8,10-13,15-19,27H,3-5,9,14H2,1-2H3,(H,34,40)/t19-,27?/m1/s1. The van der Waals surface area contributed by atoms with Crippen LogP contribution in [0, 0.1) is 5.92 Å². The summed E-state index contributed by atoms with van der Waals surface area (Å²) in [6, 6.07) is 11.3. The Morgan fingerprint density at radius 2 is 1.93 bits per heavy atom. The minimum atomic E-state index is -0.210. The van der Waals surface area contributed by atoms with Gasteiger partial charge in [0.2, 0.25) is 11.8 Å². The van der Waals surface area contributed by atoms with E-state index in [1.54, 1.807) is 29.3 Å². The molecule has 204 valence electrons. The van der Waals surface area contributed by atoms with Gasteiger partial charge in [-0.1, -0.05) is 30.2 Å². The Morgan fingerprint density at radius 3 is 2.73 bits per heavy atom. The highest BCUT2D eigenvalue weighted by molar-refractivity contribution is 6.30. The molecule has 4 aromatic rings. The molecule has 2 bridgehead atoms. The fourth-order valence-electron chi connectivity index (χ4n) is 5.71. The van der Waals surface area contributed by atoms with E-state index in [9.17, 15) is 9.59 Å². The van der Waals surface area contributed by atoms with Gasteiger partial charge in [-0.2, -0.15) is 0 Å². The van der Waals surface area contributed by atoms with Crippen molar-refractivity contribution in [3.05, 3.63) is 83.5 Å². The van der Waals surface area contributed by atoms with E-state index in [2.05, 4.69) is 15.6 Å². The Labute approximate surface area is 237 Å². The molecule has 0 saturated carbocycles. The second kappa shape index (κ2) is 10.7. The maximum absolute atomic E-state index is 13.7. The summed E-state index contributed by atoms with van der Waals surface area (Å²) < 4.78 is 3.68. The van der Waals surface area contributed by atoms with Crippen LogP contribution in [0.25, 0.3) is 22.5 Å². The molecule has 1 N–H and O–H groups in total. The monoisotopic (exact) mass is 555 g/mol. The molecule has 10 heteroatoms. The first-order valence-corrected chi connectivity index (χ1v) is 13.9. The van der Waals surface area contributed by atoms with Gasteiger partial charge in [0.25, 0.3) is 0 Å². The molecule has 0 saturated heterocycles. The SMILES string of the molecule is C[C@@H]1CCCC(N2CCC(c3cc(Cl)ccc3-n3ccnn3)=CC2=O)c2cc(ccn2)-c2c(ccn2C)NC1=O. The van der Waals surface area contributed by atoms with E-state index in [-0.39, 0.29) is 23.8 Å². The zero-order chi connectivity index (χ0) is 27.8. The summed E-state index contributed by atoms with van der Waals surface area (Å²) in [4.78, 5) is 33.3. The van der Waals surface area contributed by atoms with Crippen molar-refractivity contribution in [2.75, 3.05) is 11.9 Å². The van der Waals surface area contributed by atoms with Crippen LogP contribution < -0.4 is 5.32 Å². The topological polar surface area (TPSA) is 97.9 Å². The number of rotatable bonds is 3. The second-order valence-electron chi connectivity index (χ2n) is 10.5. The van der Waals surface area contributed by atoms with Crippen molar-refractivity contribution in [2.45, 2.75) is 38.6 Å². The lowest BCUT2D eigenvalue weighted by Crippen LogP contribution is -2.38. The van der Waals surface area contributed by atoms with Gasteiger partial charge in [-0.3, -0.25) is 14.6 Å². The first kappa shape index (κ1) is 26.0. The van der Waals surface area contributed by atoms with Gasteiger partial charge >= 0.3 is 0 Å². The van der Waals surface area contributed by atoms with Crippen LogP contribution in [0.3, 0.4) is 0 Å². The largest absolute Gasteiger partial charge is 0.349 e. The number of anilines is 1. The fourth-order valence-corrected chi connectivity index (χ4v) is 5.89. The van der Waals surface area contributed by atoms with E-state index < -0.39 is 0 Å². The number of amides is 2. The minimum Gasteiger partial charge on any atom is -0.349 e.